The number of hydrogen-bond donors (Lipinski definition) is 3. The number of carbonyl (C=O) groups is 2. The number of aliphatic carboxylic acids is 1. The topological polar surface area (TPSA) is 120 Å². The molecule has 1 amide bonds. The van der Waals surface area contributed by atoms with Gasteiger partial charge in [-0.3, -0.25) is 4.79 Å². The number of rotatable bonds is 9. The van der Waals surface area contributed by atoms with Gasteiger partial charge in [0.25, 0.3) is 0 Å². The molecule has 0 aliphatic heterocycles. The second-order valence-electron chi connectivity index (χ2n) is 9.80. The molecule has 3 atom stereocenters. The quantitative estimate of drug-likeness (QED) is 0.519. The summed E-state index contributed by atoms with van der Waals surface area (Å²) in [6.45, 7) is 5.31. The molecule has 1 fully saturated rings. The van der Waals surface area contributed by atoms with Gasteiger partial charge in [0, 0.05) is 0 Å². The third kappa shape index (κ3) is 8.51. The van der Waals surface area contributed by atoms with E-state index in [9.17, 15) is 25.1 Å². The van der Waals surface area contributed by atoms with Crippen LogP contribution in [-0.4, -0.2) is 40.0 Å². The highest BCUT2D eigenvalue weighted by atomic mass is 16.6. The lowest BCUT2D eigenvalue weighted by atomic mass is 9.82. The number of carbonyl (C=O) groups excluding carboxylic acids is 1. The van der Waals surface area contributed by atoms with Crippen LogP contribution in [0.5, 0.6) is 0 Å². The van der Waals surface area contributed by atoms with Crippen molar-refractivity contribution in [1.82, 2.24) is 5.32 Å². The lowest BCUT2D eigenvalue weighted by Gasteiger charge is -2.32. The Bertz CT molecular complexity index is 805. The first-order chi connectivity index (χ1) is 15.1. The zero-order chi connectivity index (χ0) is 23.7. The summed E-state index contributed by atoms with van der Waals surface area (Å²) in [5, 5.41) is 32.9. The van der Waals surface area contributed by atoms with E-state index >= 15 is 0 Å². The number of amides is 1. The smallest absolute Gasteiger partial charge is 0.407 e. The summed E-state index contributed by atoms with van der Waals surface area (Å²) >= 11 is 0. The SMILES string of the molecule is CC(C)(C)OC(=O)N[C@@H](CC1CCCCC1)[C@@H](O)C[C@@H](Cc1ccccc1C#N)C(=O)O. The molecule has 0 unspecified atom stereocenters. The highest BCUT2D eigenvalue weighted by molar-refractivity contribution is 5.71. The summed E-state index contributed by atoms with van der Waals surface area (Å²) in [7, 11) is 0. The summed E-state index contributed by atoms with van der Waals surface area (Å²) in [4.78, 5) is 24.4. The molecule has 0 radical (unpaired) electrons. The van der Waals surface area contributed by atoms with Crippen molar-refractivity contribution >= 4 is 12.1 Å². The van der Waals surface area contributed by atoms with Gasteiger partial charge in [0.2, 0.25) is 0 Å². The van der Waals surface area contributed by atoms with Crippen molar-refractivity contribution in [2.45, 2.75) is 89.9 Å². The van der Waals surface area contributed by atoms with E-state index in [2.05, 4.69) is 11.4 Å². The number of nitrogens with zero attached hydrogens (tertiary/aromatic N) is 1. The van der Waals surface area contributed by atoms with Crippen molar-refractivity contribution in [3.63, 3.8) is 0 Å². The molecule has 0 aromatic heterocycles. The van der Waals surface area contributed by atoms with Crippen molar-refractivity contribution in [2.75, 3.05) is 0 Å². The van der Waals surface area contributed by atoms with Gasteiger partial charge >= 0.3 is 12.1 Å². The molecule has 32 heavy (non-hydrogen) atoms. The number of carboxylic acid groups (broad SMARTS) is 1. The molecule has 0 saturated heterocycles. The largest absolute Gasteiger partial charge is 0.481 e. The molecule has 0 spiro atoms. The van der Waals surface area contributed by atoms with Crippen molar-refractivity contribution in [1.29, 1.82) is 5.26 Å². The Balaban J connectivity index is 2.13. The fourth-order valence-electron chi connectivity index (χ4n) is 4.35. The van der Waals surface area contributed by atoms with Gasteiger partial charge in [-0.2, -0.15) is 5.26 Å². The first kappa shape index (κ1) is 25.7. The summed E-state index contributed by atoms with van der Waals surface area (Å²) in [6, 6.07) is 8.38. The van der Waals surface area contributed by atoms with E-state index in [1.807, 2.05) is 0 Å². The van der Waals surface area contributed by atoms with Gasteiger partial charge in [0.15, 0.2) is 0 Å². The minimum Gasteiger partial charge on any atom is -0.481 e. The number of aliphatic hydroxyl groups is 1. The molecule has 3 N–H and O–H groups in total. The van der Waals surface area contributed by atoms with Crippen molar-refractivity contribution in [3.8, 4) is 6.07 Å². The van der Waals surface area contributed by atoms with Crippen LogP contribution in [0.15, 0.2) is 24.3 Å². The van der Waals surface area contributed by atoms with Gasteiger partial charge in [-0.05, 0) is 57.6 Å². The molecule has 1 aliphatic carbocycles. The van der Waals surface area contributed by atoms with Gasteiger partial charge in [0.1, 0.15) is 5.60 Å². The first-order valence-electron chi connectivity index (χ1n) is 11.5. The van der Waals surface area contributed by atoms with Gasteiger partial charge in [-0.25, -0.2) is 4.79 Å². The molecule has 176 valence electrons. The maximum atomic E-state index is 12.4. The van der Waals surface area contributed by atoms with E-state index in [-0.39, 0.29) is 12.8 Å². The van der Waals surface area contributed by atoms with Crippen LogP contribution in [0.25, 0.3) is 0 Å². The van der Waals surface area contributed by atoms with Crippen molar-refractivity contribution < 1.29 is 24.5 Å². The third-order valence-electron chi connectivity index (χ3n) is 5.96. The highest BCUT2D eigenvalue weighted by Crippen LogP contribution is 2.29. The average molecular weight is 445 g/mol. The monoisotopic (exact) mass is 444 g/mol. The number of ether oxygens (including phenoxy) is 1. The zero-order valence-corrected chi connectivity index (χ0v) is 19.3. The zero-order valence-electron chi connectivity index (χ0n) is 19.3. The van der Waals surface area contributed by atoms with E-state index in [0.717, 1.165) is 25.7 Å². The van der Waals surface area contributed by atoms with E-state index in [0.29, 0.717) is 23.5 Å². The number of nitrogens with one attached hydrogen (secondary N) is 1. The van der Waals surface area contributed by atoms with Crippen LogP contribution < -0.4 is 5.32 Å². The van der Waals surface area contributed by atoms with Gasteiger partial charge in [-0.1, -0.05) is 50.3 Å². The predicted octanol–water partition coefficient (Wildman–Crippen LogP) is 4.42. The van der Waals surface area contributed by atoms with E-state index in [1.54, 1.807) is 45.0 Å². The van der Waals surface area contributed by atoms with Crippen LogP contribution in [0.1, 0.15) is 76.8 Å². The number of aliphatic hydroxyl groups excluding tert-OH is 1. The first-order valence-corrected chi connectivity index (χ1v) is 11.5. The van der Waals surface area contributed by atoms with Crippen molar-refractivity contribution in [2.24, 2.45) is 11.8 Å². The lowest BCUT2D eigenvalue weighted by Crippen LogP contribution is -2.47. The normalized spacial score (nSPS) is 17.6. The molecule has 1 aromatic carbocycles. The highest BCUT2D eigenvalue weighted by Gasteiger charge is 2.32. The predicted molar refractivity (Wildman–Crippen MR) is 121 cm³/mol. The summed E-state index contributed by atoms with van der Waals surface area (Å²) < 4.78 is 5.37. The Hall–Kier alpha value is -2.59. The second-order valence-corrected chi connectivity index (χ2v) is 9.80. The fourth-order valence-corrected chi connectivity index (χ4v) is 4.35. The van der Waals surface area contributed by atoms with Crippen LogP contribution in [0.2, 0.25) is 0 Å². The van der Waals surface area contributed by atoms with E-state index in [1.165, 1.54) is 6.42 Å². The summed E-state index contributed by atoms with van der Waals surface area (Å²) in [5.41, 5.74) is 0.395. The molecule has 1 aliphatic rings. The molecule has 1 saturated carbocycles. The average Bonchev–Trinajstić information content (AvgIpc) is 2.72. The fraction of sp³-hybridized carbons (Fsp3) is 0.640. The molecular weight excluding hydrogens is 408 g/mol. The van der Waals surface area contributed by atoms with Gasteiger partial charge < -0.3 is 20.3 Å². The molecule has 1 aromatic rings. The Morgan fingerprint density at radius 2 is 1.88 bits per heavy atom. The molecule has 0 bridgehead atoms. The van der Waals surface area contributed by atoms with E-state index < -0.39 is 35.7 Å². The minimum absolute atomic E-state index is 0.0255. The van der Waals surface area contributed by atoms with Crippen LogP contribution in [0.4, 0.5) is 4.79 Å². The Labute approximate surface area is 190 Å². The minimum atomic E-state index is -1.04. The number of nitriles is 1. The van der Waals surface area contributed by atoms with Crippen LogP contribution >= 0.6 is 0 Å². The van der Waals surface area contributed by atoms with Crippen LogP contribution in [0.3, 0.4) is 0 Å². The number of hydrogen-bond acceptors (Lipinski definition) is 5. The molecular formula is C25H36N2O5. The van der Waals surface area contributed by atoms with E-state index in [4.69, 9.17) is 4.74 Å². The maximum absolute atomic E-state index is 12.4. The van der Waals surface area contributed by atoms with Crippen LogP contribution in [0, 0.1) is 23.2 Å². The molecule has 2 rings (SSSR count). The van der Waals surface area contributed by atoms with Crippen molar-refractivity contribution in [3.05, 3.63) is 35.4 Å². The Morgan fingerprint density at radius 3 is 2.47 bits per heavy atom. The number of alkyl carbamates (subject to hydrolysis) is 1. The van der Waals surface area contributed by atoms with Gasteiger partial charge in [-0.15, -0.1) is 0 Å². The summed E-state index contributed by atoms with van der Waals surface area (Å²) in [6.07, 6.45) is 4.57. The lowest BCUT2D eigenvalue weighted by molar-refractivity contribution is -0.143. The Kier molecular flexibility index (Phi) is 9.52. The summed E-state index contributed by atoms with van der Waals surface area (Å²) in [5.74, 6) is -1.54. The maximum Gasteiger partial charge on any atom is 0.407 e. The van der Waals surface area contributed by atoms with Crippen LogP contribution in [-0.2, 0) is 16.0 Å². The Morgan fingerprint density at radius 1 is 1.22 bits per heavy atom. The van der Waals surface area contributed by atoms with Gasteiger partial charge in [0.05, 0.1) is 29.7 Å². The second kappa shape index (κ2) is 11.9. The molecule has 7 heteroatoms. The number of carboxylic acids is 1. The molecule has 0 heterocycles. The third-order valence-corrected chi connectivity index (χ3v) is 5.96. The standard InChI is InChI=1S/C25H36N2O5/c1-25(2,3)32-24(31)27-21(13-17-9-5-4-6-10-17)22(28)15-20(23(29)30)14-18-11-7-8-12-19(18)16-26/h7-8,11-12,17,20-22,28H,4-6,9-10,13-15H2,1-3H3,(H,27,31)(H,29,30)/t20-,21+,22+/m1/s1. The molecule has 7 nitrogen and oxygen atoms in total. The number of benzene rings is 1.